The van der Waals surface area contributed by atoms with E-state index >= 15 is 0 Å². The number of halogens is 8. The Morgan fingerprint density at radius 3 is 2.09 bits per heavy atom. The zero-order chi connectivity index (χ0) is 24.7. The largest absolute Gasteiger partial charge is 0.493 e. The van der Waals surface area contributed by atoms with Gasteiger partial charge in [0.15, 0.2) is 41.4 Å². The zero-order valence-electron chi connectivity index (χ0n) is 16.7. The fourth-order valence-corrected chi connectivity index (χ4v) is 2.83. The Hall–Kier alpha value is -3.64. The molecule has 2 aromatic rings. The minimum atomic E-state index is -4.59. The van der Waals surface area contributed by atoms with E-state index in [9.17, 15) is 39.9 Å². The molecule has 1 amide bonds. The molecule has 0 unspecified atom stereocenters. The van der Waals surface area contributed by atoms with Crippen molar-refractivity contribution in [2.45, 2.75) is 13.1 Å². The van der Waals surface area contributed by atoms with Crippen molar-refractivity contribution in [2.24, 2.45) is 5.10 Å². The second-order valence-electron chi connectivity index (χ2n) is 6.59. The molecule has 3 rings (SSSR count). The molecule has 13 heteroatoms. The Morgan fingerprint density at radius 2 is 1.55 bits per heavy atom. The van der Waals surface area contributed by atoms with E-state index in [1.807, 2.05) is 0 Å². The van der Waals surface area contributed by atoms with Crippen LogP contribution in [0.4, 0.5) is 40.8 Å². The number of ether oxygens (including phenoxy) is 2. The average molecular weight is 480 g/mol. The van der Waals surface area contributed by atoms with Gasteiger partial charge in [-0.1, -0.05) is 6.07 Å². The lowest BCUT2D eigenvalue weighted by molar-refractivity contribution is -0.153. The smallest absolute Gasteiger partial charge is 0.422 e. The summed E-state index contributed by atoms with van der Waals surface area (Å²) in [5.41, 5.74) is -1.76. The van der Waals surface area contributed by atoms with Crippen LogP contribution in [0.25, 0.3) is 6.08 Å². The lowest BCUT2D eigenvalue weighted by Gasteiger charge is -2.15. The van der Waals surface area contributed by atoms with Gasteiger partial charge in [0, 0.05) is 0 Å². The number of carbonyl (C=O) groups excluding carboxylic acids is 1. The maximum absolute atomic E-state index is 14.1. The van der Waals surface area contributed by atoms with Crippen LogP contribution in [0, 0.1) is 29.1 Å². The maximum Gasteiger partial charge on any atom is 0.422 e. The van der Waals surface area contributed by atoms with Gasteiger partial charge in [-0.2, -0.15) is 23.3 Å². The van der Waals surface area contributed by atoms with Gasteiger partial charge in [0.1, 0.15) is 5.69 Å². The third-order valence-electron chi connectivity index (χ3n) is 4.35. The number of hydrazone groups is 1. The first-order chi connectivity index (χ1) is 15.4. The summed E-state index contributed by atoms with van der Waals surface area (Å²) < 4.78 is 115. The van der Waals surface area contributed by atoms with E-state index in [2.05, 4.69) is 9.84 Å². The number of nitrogens with zero attached hydrogens (tertiary/aromatic N) is 2. The molecule has 0 spiro atoms. The van der Waals surface area contributed by atoms with Crippen molar-refractivity contribution in [3.05, 3.63) is 58.4 Å². The average Bonchev–Trinajstić information content (AvgIpc) is 3.03. The number of rotatable bonds is 5. The van der Waals surface area contributed by atoms with Gasteiger partial charge in [0.2, 0.25) is 5.82 Å². The van der Waals surface area contributed by atoms with Crippen molar-refractivity contribution in [2.75, 3.05) is 18.7 Å². The summed E-state index contributed by atoms with van der Waals surface area (Å²) >= 11 is 0. The fraction of sp³-hybridized carbons (Fsp3) is 0.200. The number of anilines is 1. The highest BCUT2D eigenvalue weighted by Gasteiger charge is 2.37. The number of hydrogen-bond acceptors (Lipinski definition) is 4. The Morgan fingerprint density at radius 1 is 0.970 bits per heavy atom. The van der Waals surface area contributed by atoms with Crippen LogP contribution in [0.2, 0.25) is 0 Å². The molecule has 0 atom stereocenters. The molecule has 5 nitrogen and oxygen atoms in total. The molecular weight excluding hydrogens is 468 g/mol. The molecular formula is C20H12F8N2O3. The zero-order valence-corrected chi connectivity index (χ0v) is 16.7. The summed E-state index contributed by atoms with van der Waals surface area (Å²) in [7, 11) is 1.16. The second-order valence-corrected chi connectivity index (χ2v) is 6.59. The van der Waals surface area contributed by atoms with Gasteiger partial charge < -0.3 is 9.47 Å². The van der Waals surface area contributed by atoms with E-state index in [0.717, 1.165) is 19.3 Å². The molecule has 0 saturated heterocycles. The van der Waals surface area contributed by atoms with E-state index in [0.29, 0.717) is 0 Å². The summed E-state index contributed by atoms with van der Waals surface area (Å²) in [5, 5.41) is 3.62. The van der Waals surface area contributed by atoms with Gasteiger partial charge in [0.25, 0.3) is 5.91 Å². The quantitative estimate of drug-likeness (QED) is 0.258. The molecule has 0 saturated carbocycles. The molecule has 0 fully saturated rings. The van der Waals surface area contributed by atoms with Gasteiger partial charge in [-0.25, -0.2) is 22.0 Å². The first kappa shape index (κ1) is 24.0. The van der Waals surface area contributed by atoms with Crippen LogP contribution in [0.1, 0.15) is 12.5 Å². The van der Waals surface area contributed by atoms with Crippen LogP contribution in [0.3, 0.4) is 0 Å². The van der Waals surface area contributed by atoms with Crippen LogP contribution in [-0.2, 0) is 4.79 Å². The van der Waals surface area contributed by atoms with E-state index < -0.39 is 53.5 Å². The Bertz CT molecular complexity index is 1160. The SMILES string of the molecule is COc1cc(/C=C2/C(=O)N(c3c(F)c(F)c(F)c(F)c3F)N=C2C)ccc1OCC(F)(F)F. The summed E-state index contributed by atoms with van der Waals surface area (Å²) in [4.78, 5) is 12.7. The standard InChI is InChI=1S/C20H12F8N2O3/c1-8-10(5-9-3-4-11(12(6-9)32-2)33-7-20(26,27)28)19(31)30(29-8)18-16(24)14(22)13(21)15(23)17(18)25/h3-6H,7H2,1-2H3/b10-5+. The highest BCUT2D eigenvalue weighted by atomic mass is 19.4. The van der Waals surface area contributed by atoms with E-state index in [4.69, 9.17) is 4.74 Å². The lowest BCUT2D eigenvalue weighted by atomic mass is 10.1. The van der Waals surface area contributed by atoms with Crippen LogP contribution < -0.4 is 14.5 Å². The van der Waals surface area contributed by atoms with Crippen LogP contribution in [0.5, 0.6) is 11.5 Å². The van der Waals surface area contributed by atoms with Gasteiger partial charge in [-0.3, -0.25) is 4.79 Å². The first-order valence-electron chi connectivity index (χ1n) is 8.86. The van der Waals surface area contributed by atoms with Crippen molar-refractivity contribution in [1.29, 1.82) is 0 Å². The predicted octanol–water partition coefficient (Wildman–Crippen LogP) is 5.14. The molecule has 1 aliphatic heterocycles. The third-order valence-corrected chi connectivity index (χ3v) is 4.35. The Kier molecular flexibility index (Phi) is 6.34. The van der Waals surface area contributed by atoms with Gasteiger partial charge in [-0.15, -0.1) is 0 Å². The molecule has 0 bridgehead atoms. The highest BCUT2D eigenvalue weighted by Crippen LogP contribution is 2.35. The topological polar surface area (TPSA) is 51.1 Å². The van der Waals surface area contributed by atoms with Crippen molar-refractivity contribution < 1.29 is 49.4 Å². The third kappa shape index (κ3) is 4.61. The molecule has 0 radical (unpaired) electrons. The number of benzene rings is 2. The van der Waals surface area contributed by atoms with Crippen molar-refractivity contribution >= 4 is 23.4 Å². The van der Waals surface area contributed by atoms with Gasteiger partial charge in [0.05, 0.1) is 18.4 Å². The van der Waals surface area contributed by atoms with Crippen LogP contribution in [-0.4, -0.2) is 31.5 Å². The molecule has 0 N–H and O–H groups in total. The molecule has 1 heterocycles. The summed E-state index contributed by atoms with van der Waals surface area (Å²) in [6, 6.07) is 3.59. The van der Waals surface area contributed by atoms with Crippen molar-refractivity contribution in [3.63, 3.8) is 0 Å². The number of amides is 1. The number of alkyl halides is 3. The van der Waals surface area contributed by atoms with Crippen LogP contribution in [0.15, 0.2) is 28.9 Å². The second kappa shape index (κ2) is 8.71. The van der Waals surface area contributed by atoms with Crippen molar-refractivity contribution in [1.82, 2.24) is 0 Å². The maximum atomic E-state index is 14.1. The highest BCUT2D eigenvalue weighted by molar-refractivity contribution is 6.32. The molecule has 1 aliphatic rings. The van der Waals surface area contributed by atoms with E-state index in [-0.39, 0.29) is 33.4 Å². The summed E-state index contributed by atoms with van der Waals surface area (Å²) in [6.07, 6.45) is -3.45. The summed E-state index contributed by atoms with van der Waals surface area (Å²) in [6.45, 7) is -0.335. The lowest BCUT2D eigenvalue weighted by Crippen LogP contribution is -2.25. The minimum Gasteiger partial charge on any atom is -0.493 e. The Labute approximate surface area is 180 Å². The molecule has 0 aromatic heterocycles. The van der Waals surface area contributed by atoms with Gasteiger partial charge >= 0.3 is 6.18 Å². The molecule has 33 heavy (non-hydrogen) atoms. The molecule has 2 aromatic carbocycles. The van der Waals surface area contributed by atoms with Gasteiger partial charge in [-0.05, 0) is 30.7 Å². The van der Waals surface area contributed by atoms with Crippen LogP contribution >= 0.6 is 0 Å². The minimum absolute atomic E-state index is 0.0372. The van der Waals surface area contributed by atoms with Crippen molar-refractivity contribution in [3.8, 4) is 11.5 Å². The summed E-state index contributed by atoms with van der Waals surface area (Å²) in [5.74, 6) is -12.9. The number of methoxy groups -OCH3 is 1. The van der Waals surface area contributed by atoms with E-state index in [1.54, 1.807) is 0 Å². The normalized spacial score (nSPS) is 15.3. The monoisotopic (exact) mass is 480 g/mol. The number of carbonyl (C=O) groups is 1. The predicted molar refractivity (Wildman–Crippen MR) is 99.3 cm³/mol. The first-order valence-corrected chi connectivity index (χ1v) is 8.86. The fourth-order valence-electron chi connectivity index (χ4n) is 2.83. The molecule has 0 aliphatic carbocycles. The number of hydrogen-bond donors (Lipinski definition) is 0. The van der Waals surface area contributed by atoms with E-state index in [1.165, 1.54) is 19.1 Å². The molecule has 176 valence electrons. The Balaban J connectivity index is 1.96.